The van der Waals surface area contributed by atoms with Crippen LogP contribution in [0.1, 0.15) is 48.5 Å². The zero-order chi connectivity index (χ0) is 20.2. The summed E-state index contributed by atoms with van der Waals surface area (Å²) in [5.41, 5.74) is 0.737. The SMILES string of the molecule is Cc1ccc(S(=O)(=O)N(C)C)cc1C(=O)OC(C)C(=O)N1CCCCCC1. The number of aryl methyl sites for hydroxylation is 1. The number of carbonyl (C=O) groups is 2. The summed E-state index contributed by atoms with van der Waals surface area (Å²) in [4.78, 5) is 26.9. The molecule has 1 aromatic carbocycles. The van der Waals surface area contributed by atoms with Crippen LogP contribution in [-0.4, -0.2) is 62.8 Å². The first-order valence-electron chi connectivity index (χ1n) is 9.17. The van der Waals surface area contributed by atoms with Crippen LogP contribution in [0.25, 0.3) is 0 Å². The highest BCUT2D eigenvalue weighted by atomic mass is 32.2. The van der Waals surface area contributed by atoms with Crippen molar-refractivity contribution in [3.63, 3.8) is 0 Å². The summed E-state index contributed by atoms with van der Waals surface area (Å²) in [6, 6.07) is 4.32. The minimum Gasteiger partial charge on any atom is -0.449 e. The van der Waals surface area contributed by atoms with Gasteiger partial charge in [-0.1, -0.05) is 18.9 Å². The molecular formula is C19H28N2O5S. The van der Waals surface area contributed by atoms with Gasteiger partial charge in [0.1, 0.15) is 0 Å². The summed E-state index contributed by atoms with van der Waals surface area (Å²) in [5, 5.41) is 0. The van der Waals surface area contributed by atoms with Gasteiger partial charge in [-0.3, -0.25) is 4.79 Å². The molecule has 0 aromatic heterocycles. The van der Waals surface area contributed by atoms with E-state index < -0.39 is 22.1 Å². The van der Waals surface area contributed by atoms with Gasteiger partial charge in [0.15, 0.2) is 6.10 Å². The van der Waals surface area contributed by atoms with Crippen molar-refractivity contribution < 1.29 is 22.7 Å². The number of hydrogen-bond acceptors (Lipinski definition) is 5. The molecule has 1 heterocycles. The van der Waals surface area contributed by atoms with Gasteiger partial charge in [0.05, 0.1) is 10.5 Å². The number of ether oxygens (including phenoxy) is 1. The summed E-state index contributed by atoms with van der Waals surface area (Å²) in [6.45, 7) is 4.61. The van der Waals surface area contributed by atoms with Crippen molar-refractivity contribution in [2.75, 3.05) is 27.2 Å². The zero-order valence-corrected chi connectivity index (χ0v) is 17.2. The Labute approximate surface area is 161 Å². The van der Waals surface area contributed by atoms with E-state index in [1.807, 2.05) is 0 Å². The lowest BCUT2D eigenvalue weighted by molar-refractivity contribution is -0.139. The number of amides is 1. The molecule has 0 bridgehead atoms. The van der Waals surface area contributed by atoms with Gasteiger partial charge in [0, 0.05) is 27.2 Å². The van der Waals surface area contributed by atoms with E-state index in [9.17, 15) is 18.0 Å². The Morgan fingerprint density at radius 2 is 1.70 bits per heavy atom. The van der Waals surface area contributed by atoms with Crippen LogP contribution in [0.4, 0.5) is 0 Å². The average molecular weight is 397 g/mol. The maximum atomic E-state index is 12.6. The third-order valence-electron chi connectivity index (χ3n) is 4.76. The van der Waals surface area contributed by atoms with Crippen LogP contribution in [0.2, 0.25) is 0 Å². The van der Waals surface area contributed by atoms with Crippen LogP contribution in [0.3, 0.4) is 0 Å². The van der Waals surface area contributed by atoms with Crippen LogP contribution in [0, 0.1) is 6.92 Å². The Kier molecular flexibility index (Phi) is 7.00. The molecule has 0 aliphatic carbocycles. The predicted molar refractivity (Wildman–Crippen MR) is 102 cm³/mol. The third-order valence-corrected chi connectivity index (χ3v) is 6.57. The van der Waals surface area contributed by atoms with E-state index in [1.165, 1.54) is 26.2 Å². The molecule has 150 valence electrons. The summed E-state index contributed by atoms with van der Waals surface area (Å²) >= 11 is 0. The summed E-state index contributed by atoms with van der Waals surface area (Å²) in [7, 11) is -0.814. The molecule has 0 N–H and O–H groups in total. The smallest absolute Gasteiger partial charge is 0.339 e. The van der Waals surface area contributed by atoms with E-state index in [0.717, 1.165) is 30.0 Å². The van der Waals surface area contributed by atoms with Gasteiger partial charge in [0.25, 0.3) is 5.91 Å². The second kappa shape index (κ2) is 8.84. The number of carbonyl (C=O) groups excluding carboxylic acids is 2. The molecule has 8 heteroatoms. The molecule has 1 aliphatic rings. The van der Waals surface area contributed by atoms with E-state index >= 15 is 0 Å². The number of rotatable bonds is 5. The molecule has 1 saturated heterocycles. The second-order valence-electron chi connectivity index (χ2n) is 7.05. The minimum absolute atomic E-state index is 0.0107. The molecule has 1 aliphatic heterocycles. The Hall–Kier alpha value is -1.93. The van der Waals surface area contributed by atoms with Gasteiger partial charge in [-0.25, -0.2) is 17.5 Å². The molecular weight excluding hydrogens is 368 g/mol. The van der Waals surface area contributed by atoms with Crippen molar-refractivity contribution in [1.29, 1.82) is 0 Å². The minimum atomic E-state index is -3.67. The largest absolute Gasteiger partial charge is 0.449 e. The Bertz CT molecular complexity index is 796. The highest BCUT2D eigenvalue weighted by Crippen LogP contribution is 2.20. The van der Waals surface area contributed by atoms with Crippen LogP contribution >= 0.6 is 0 Å². The molecule has 1 amide bonds. The monoisotopic (exact) mass is 396 g/mol. The van der Waals surface area contributed by atoms with Crippen LogP contribution in [0.5, 0.6) is 0 Å². The summed E-state index contributed by atoms with van der Waals surface area (Å²) in [6.07, 6.45) is 3.20. The maximum absolute atomic E-state index is 12.6. The molecule has 1 fully saturated rings. The number of likely N-dealkylation sites (tertiary alicyclic amines) is 1. The van der Waals surface area contributed by atoms with Gasteiger partial charge >= 0.3 is 5.97 Å². The fourth-order valence-corrected chi connectivity index (χ4v) is 3.94. The lowest BCUT2D eigenvalue weighted by atomic mass is 10.1. The Morgan fingerprint density at radius 3 is 2.26 bits per heavy atom. The lowest BCUT2D eigenvalue weighted by Crippen LogP contribution is -2.40. The van der Waals surface area contributed by atoms with Gasteiger partial charge in [-0.2, -0.15) is 0 Å². The molecule has 1 atom stereocenters. The van der Waals surface area contributed by atoms with Crippen molar-refractivity contribution in [3.8, 4) is 0 Å². The number of esters is 1. The highest BCUT2D eigenvalue weighted by molar-refractivity contribution is 7.89. The number of benzene rings is 1. The molecule has 1 aromatic rings. The highest BCUT2D eigenvalue weighted by Gasteiger charge is 2.26. The van der Waals surface area contributed by atoms with E-state index in [-0.39, 0.29) is 16.4 Å². The first-order chi connectivity index (χ1) is 12.6. The third kappa shape index (κ3) is 5.07. The standard InChI is InChI=1S/C19H28N2O5S/c1-14-9-10-16(27(24,25)20(3)4)13-17(14)19(23)26-15(2)18(22)21-11-7-5-6-8-12-21/h9-10,13,15H,5-8,11-12H2,1-4H3. The van der Waals surface area contributed by atoms with Crippen molar-refractivity contribution in [2.45, 2.75) is 50.5 Å². The second-order valence-corrected chi connectivity index (χ2v) is 9.20. The average Bonchev–Trinajstić information content (AvgIpc) is 2.90. The van der Waals surface area contributed by atoms with Gasteiger partial charge in [-0.15, -0.1) is 0 Å². The van der Waals surface area contributed by atoms with E-state index in [2.05, 4.69) is 0 Å². The quantitative estimate of drug-likeness (QED) is 0.713. The lowest BCUT2D eigenvalue weighted by Gasteiger charge is -2.24. The topological polar surface area (TPSA) is 84.0 Å². The Balaban J connectivity index is 2.16. The van der Waals surface area contributed by atoms with Crippen LogP contribution in [0.15, 0.2) is 23.1 Å². The first kappa shape index (κ1) is 21.4. The molecule has 7 nitrogen and oxygen atoms in total. The normalized spacial score (nSPS) is 16.7. The van der Waals surface area contributed by atoms with Crippen molar-refractivity contribution in [2.24, 2.45) is 0 Å². The summed E-state index contributed by atoms with van der Waals surface area (Å²) in [5.74, 6) is -0.904. The maximum Gasteiger partial charge on any atom is 0.339 e. The van der Waals surface area contributed by atoms with Gasteiger partial charge in [-0.05, 0) is 44.4 Å². The summed E-state index contributed by atoms with van der Waals surface area (Å²) < 4.78 is 31.0. The number of sulfonamides is 1. The molecule has 2 rings (SSSR count). The zero-order valence-electron chi connectivity index (χ0n) is 16.4. The first-order valence-corrected chi connectivity index (χ1v) is 10.6. The number of nitrogens with zero attached hydrogens (tertiary/aromatic N) is 2. The Morgan fingerprint density at radius 1 is 1.11 bits per heavy atom. The van der Waals surface area contributed by atoms with Gasteiger partial charge < -0.3 is 9.64 Å². The fraction of sp³-hybridized carbons (Fsp3) is 0.579. The van der Waals surface area contributed by atoms with E-state index in [0.29, 0.717) is 18.7 Å². The van der Waals surface area contributed by atoms with Crippen LogP contribution in [-0.2, 0) is 19.6 Å². The predicted octanol–water partition coefficient (Wildman–Crippen LogP) is 2.19. The van der Waals surface area contributed by atoms with E-state index in [4.69, 9.17) is 4.74 Å². The number of hydrogen-bond donors (Lipinski definition) is 0. The fourth-order valence-electron chi connectivity index (χ4n) is 3.01. The molecule has 0 saturated carbocycles. The van der Waals surface area contributed by atoms with E-state index in [1.54, 1.807) is 24.8 Å². The van der Waals surface area contributed by atoms with Crippen LogP contribution < -0.4 is 0 Å². The van der Waals surface area contributed by atoms with Crippen molar-refractivity contribution in [1.82, 2.24) is 9.21 Å². The van der Waals surface area contributed by atoms with Crippen molar-refractivity contribution in [3.05, 3.63) is 29.3 Å². The molecule has 1 unspecified atom stereocenters. The molecule has 0 radical (unpaired) electrons. The molecule has 0 spiro atoms. The molecule has 27 heavy (non-hydrogen) atoms. The van der Waals surface area contributed by atoms with Gasteiger partial charge in [0.2, 0.25) is 10.0 Å². The van der Waals surface area contributed by atoms with Crippen molar-refractivity contribution >= 4 is 21.9 Å².